The number of carbonyl (C=O) groups is 1. The van der Waals surface area contributed by atoms with Gasteiger partial charge in [0.05, 0.1) is 25.4 Å². The number of fused-ring (bicyclic) bond motifs is 1. The minimum absolute atomic E-state index is 0.000428. The second kappa shape index (κ2) is 15.2. The van der Waals surface area contributed by atoms with Crippen molar-refractivity contribution in [1.82, 2.24) is 20.9 Å². The minimum Gasteiger partial charge on any atom is -0.392 e. The number of rotatable bonds is 10. The average molecular weight is 533 g/mol. The lowest BCUT2D eigenvalue weighted by atomic mass is 9.86. The molecule has 0 saturated carbocycles. The summed E-state index contributed by atoms with van der Waals surface area (Å²) in [5.41, 5.74) is 3.03. The van der Waals surface area contributed by atoms with Crippen molar-refractivity contribution in [3.63, 3.8) is 0 Å². The van der Waals surface area contributed by atoms with Crippen LogP contribution < -0.4 is 16.0 Å². The van der Waals surface area contributed by atoms with Gasteiger partial charge in [-0.2, -0.15) is 0 Å². The van der Waals surface area contributed by atoms with E-state index in [-0.39, 0.29) is 42.7 Å². The summed E-state index contributed by atoms with van der Waals surface area (Å²) in [7, 11) is 0. The predicted octanol–water partition coefficient (Wildman–Crippen LogP) is 2.98. The number of nitrogens with zero attached hydrogens (tertiary/aromatic N) is 1. The Morgan fingerprint density at radius 1 is 1.24 bits per heavy atom. The van der Waals surface area contributed by atoms with Crippen molar-refractivity contribution in [2.45, 2.75) is 116 Å². The van der Waals surface area contributed by atoms with Gasteiger partial charge in [0.2, 0.25) is 5.91 Å². The molecule has 0 saturated heterocycles. The quantitative estimate of drug-likeness (QED) is 0.276. The van der Waals surface area contributed by atoms with Crippen molar-refractivity contribution in [3.8, 4) is 0 Å². The van der Waals surface area contributed by atoms with Crippen LogP contribution >= 0.6 is 0 Å². The maximum atomic E-state index is 12.6. The Balaban J connectivity index is 1.54. The maximum Gasteiger partial charge on any atom is 0.237 e. The first-order chi connectivity index (χ1) is 18.2. The largest absolute Gasteiger partial charge is 0.392 e. The van der Waals surface area contributed by atoms with Gasteiger partial charge in [-0.05, 0) is 76.4 Å². The zero-order valence-electron chi connectivity index (χ0n) is 24.2. The van der Waals surface area contributed by atoms with E-state index in [1.54, 1.807) is 0 Å². The number of amides is 1. The average Bonchev–Trinajstić information content (AvgIpc) is 2.95. The summed E-state index contributed by atoms with van der Waals surface area (Å²) >= 11 is 0. The van der Waals surface area contributed by atoms with Crippen molar-refractivity contribution >= 4 is 5.91 Å². The van der Waals surface area contributed by atoms with Gasteiger partial charge in [-0.25, -0.2) is 0 Å². The van der Waals surface area contributed by atoms with Crippen LogP contribution in [0.1, 0.15) is 79.6 Å². The van der Waals surface area contributed by atoms with E-state index in [2.05, 4.69) is 39.9 Å². The normalized spacial score (nSPS) is 29.6. The van der Waals surface area contributed by atoms with Crippen LogP contribution in [0.25, 0.3) is 0 Å². The standard InChI is InChI=1S/C30H52N4O4/c1-20(2)32-23(5)29(36)33-26-15-24(18-35)14-25(16-26)19-38-21(3)13-28-22(4)30(37)34-12-10-8-6-7-9-11-27(34)17-31-28/h6-7,15,20-21,23,25-27,30-32,35,37H,8-14,16-19H2,1-5H3,(H,33,36)/b7-6-/t21-,23-,25?,26?,27-,30?/m0/s1. The molecular formula is C30H52N4O4. The summed E-state index contributed by atoms with van der Waals surface area (Å²) in [5, 5.41) is 31.1. The molecule has 8 nitrogen and oxygen atoms in total. The van der Waals surface area contributed by atoms with E-state index in [9.17, 15) is 15.0 Å². The van der Waals surface area contributed by atoms with Crippen molar-refractivity contribution in [1.29, 1.82) is 0 Å². The molecule has 3 unspecified atom stereocenters. The van der Waals surface area contributed by atoms with Crippen molar-refractivity contribution in [3.05, 3.63) is 35.1 Å². The van der Waals surface area contributed by atoms with Crippen LogP contribution in [0.5, 0.6) is 0 Å². The molecule has 1 amide bonds. The van der Waals surface area contributed by atoms with Gasteiger partial charge >= 0.3 is 0 Å². The molecule has 38 heavy (non-hydrogen) atoms. The first kappa shape index (κ1) is 30.8. The number of ether oxygens (including phenoxy) is 1. The number of carbonyl (C=O) groups excluding carboxylic acids is 1. The van der Waals surface area contributed by atoms with E-state index >= 15 is 0 Å². The van der Waals surface area contributed by atoms with Gasteiger partial charge < -0.3 is 30.9 Å². The monoisotopic (exact) mass is 532 g/mol. The van der Waals surface area contributed by atoms with Crippen LogP contribution in [-0.2, 0) is 9.53 Å². The zero-order valence-corrected chi connectivity index (χ0v) is 24.2. The van der Waals surface area contributed by atoms with Gasteiger partial charge in [-0.15, -0.1) is 0 Å². The minimum atomic E-state index is -0.567. The summed E-state index contributed by atoms with van der Waals surface area (Å²) in [5.74, 6) is 0.200. The van der Waals surface area contributed by atoms with Gasteiger partial charge in [0, 0.05) is 43.3 Å². The number of nitrogens with one attached hydrogen (secondary N) is 3. The first-order valence-electron chi connectivity index (χ1n) is 14.7. The Bertz CT molecular complexity index is 855. The lowest BCUT2D eigenvalue weighted by Gasteiger charge is -2.33. The molecule has 3 aliphatic rings. The molecule has 8 heteroatoms. The molecule has 0 aromatic carbocycles. The molecular weight excluding hydrogens is 480 g/mol. The highest BCUT2D eigenvalue weighted by Gasteiger charge is 2.31. The maximum absolute atomic E-state index is 12.6. The molecule has 6 atom stereocenters. The molecule has 0 fully saturated rings. The molecule has 2 heterocycles. The van der Waals surface area contributed by atoms with Crippen LogP contribution in [0.15, 0.2) is 35.1 Å². The van der Waals surface area contributed by atoms with Crippen molar-refractivity contribution < 1.29 is 19.7 Å². The lowest BCUT2D eigenvalue weighted by molar-refractivity contribution is -0.123. The SMILES string of the molecule is CC1=C(C[C@H](C)OCC2CC(CO)=CC(NC(=O)[C@H](C)NC(C)C)C2)NC[C@@H]2CC/C=C\CCCN2C1O. The van der Waals surface area contributed by atoms with E-state index in [0.717, 1.165) is 74.9 Å². The van der Waals surface area contributed by atoms with E-state index in [1.807, 2.05) is 33.8 Å². The Kier molecular flexibility index (Phi) is 12.3. The molecule has 3 rings (SSSR count). The van der Waals surface area contributed by atoms with Gasteiger partial charge in [-0.3, -0.25) is 9.69 Å². The molecule has 0 spiro atoms. The predicted molar refractivity (Wildman–Crippen MR) is 152 cm³/mol. The second-order valence-electron chi connectivity index (χ2n) is 11.8. The fraction of sp³-hybridized carbons (Fsp3) is 0.767. The summed E-state index contributed by atoms with van der Waals surface area (Å²) in [6.07, 6.45) is 12.5. The number of allylic oxidation sites excluding steroid dienone is 2. The number of hydrogen-bond donors (Lipinski definition) is 5. The summed E-state index contributed by atoms with van der Waals surface area (Å²) in [6.45, 7) is 12.4. The topological polar surface area (TPSA) is 106 Å². The molecule has 1 aliphatic carbocycles. The lowest BCUT2D eigenvalue weighted by Crippen LogP contribution is -2.49. The van der Waals surface area contributed by atoms with Gasteiger partial charge in [0.15, 0.2) is 0 Å². The molecule has 0 aromatic rings. The van der Waals surface area contributed by atoms with Crippen molar-refractivity contribution in [2.24, 2.45) is 5.92 Å². The summed E-state index contributed by atoms with van der Waals surface area (Å²) in [6, 6.07) is 0.166. The smallest absolute Gasteiger partial charge is 0.237 e. The number of aliphatic hydroxyl groups is 2. The van der Waals surface area contributed by atoms with E-state index in [0.29, 0.717) is 12.6 Å². The van der Waals surface area contributed by atoms with Crippen LogP contribution in [0, 0.1) is 5.92 Å². The second-order valence-corrected chi connectivity index (χ2v) is 11.8. The summed E-state index contributed by atoms with van der Waals surface area (Å²) < 4.78 is 6.32. The summed E-state index contributed by atoms with van der Waals surface area (Å²) in [4.78, 5) is 14.9. The van der Waals surface area contributed by atoms with E-state index < -0.39 is 6.23 Å². The van der Waals surface area contributed by atoms with E-state index in [4.69, 9.17) is 4.74 Å². The first-order valence-corrected chi connectivity index (χ1v) is 14.7. The number of aliphatic hydroxyl groups excluding tert-OH is 2. The third kappa shape index (κ3) is 9.19. The molecule has 0 bridgehead atoms. The Labute approximate surface area is 230 Å². The fourth-order valence-electron chi connectivity index (χ4n) is 5.93. The van der Waals surface area contributed by atoms with Crippen LogP contribution in [0.3, 0.4) is 0 Å². The highest BCUT2D eigenvalue weighted by Crippen LogP contribution is 2.27. The van der Waals surface area contributed by atoms with Crippen LogP contribution in [0.4, 0.5) is 0 Å². The molecule has 0 aromatic heterocycles. The van der Waals surface area contributed by atoms with E-state index in [1.165, 1.54) is 0 Å². The Morgan fingerprint density at radius 3 is 2.74 bits per heavy atom. The molecule has 0 radical (unpaired) electrons. The van der Waals surface area contributed by atoms with Gasteiger partial charge in [0.25, 0.3) is 0 Å². The molecule has 5 N–H and O–H groups in total. The highest BCUT2D eigenvalue weighted by molar-refractivity contribution is 5.81. The van der Waals surface area contributed by atoms with Crippen LogP contribution in [-0.4, -0.2) is 83.8 Å². The Morgan fingerprint density at radius 2 is 2.00 bits per heavy atom. The zero-order chi connectivity index (χ0) is 27.7. The number of hydrogen-bond acceptors (Lipinski definition) is 7. The molecule has 2 aliphatic heterocycles. The fourth-order valence-corrected chi connectivity index (χ4v) is 5.93. The van der Waals surface area contributed by atoms with Crippen molar-refractivity contribution in [2.75, 3.05) is 26.3 Å². The third-order valence-corrected chi connectivity index (χ3v) is 8.01. The van der Waals surface area contributed by atoms with Gasteiger partial charge in [0.1, 0.15) is 6.23 Å². The molecule has 216 valence electrons. The van der Waals surface area contributed by atoms with Gasteiger partial charge in [-0.1, -0.05) is 32.1 Å². The highest BCUT2D eigenvalue weighted by atomic mass is 16.5. The Hall–Kier alpha value is -1.71. The third-order valence-electron chi connectivity index (χ3n) is 8.01. The van der Waals surface area contributed by atoms with Crippen LogP contribution in [0.2, 0.25) is 0 Å².